The van der Waals surface area contributed by atoms with Gasteiger partial charge in [-0.2, -0.15) is 5.10 Å². The van der Waals surface area contributed by atoms with Gasteiger partial charge in [0.15, 0.2) is 0 Å². The lowest BCUT2D eigenvalue weighted by atomic mass is 10.1. The van der Waals surface area contributed by atoms with E-state index in [9.17, 15) is 9.18 Å². The number of carbonyl (C=O) groups excluding carboxylic acids is 1. The molecule has 0 aliphatic heterocycles. The first-order chi connectivity index (χ1) is 13.1. The zero-order valence-electron chi connectivity index (χ0n) is 15.2. The average Bonchev–Trinajstić information content (AvgIpc) is 3.11. The summed E-state index contributed by atoms with van der Waals surface area (Å²) in [6.07, 6.45) is 2.16. The van der Waals surface area contributed by atoms with E-state index < -0.39 is 0 Å². The Balaban J connectivity index is 1.61. The Morgan fingerprint density at radius 2 is 1.96 bits per heavy atom. The molecule has 1 aromatic heterocycles. The van der Waals surface area contributed by atoms with E-state index >= 15 is 0 Å². The number of benzene rings is 2. The highest BCUT2D eigenvalue weighted by Gasteiger charge is 2.18. The second-order valence-corrected chi connectivity index (χ2v) is 6.08. The molecule has 0 aliphatic carbocycles. The Labute approximate surface area is 157 Å². The molecule has 6 nitrogen and oxygen atoms in total. The fourth-order valence-electron chi connectivity index (χ4n) is 2.69. The first kappa shape index (κ1) is 18.6. The first-order valence-corrected chi connectivity index (χ1v) is 8.69. The van der Waals surface area contributed by atoms with Crippen molar-refractivity contribution >= 4 is 5.91 Å². The molecule has 0 aliphatic rings. The maximum Gasteiger partial charge on any atom is 0.251 e. The third-order valence-corrected chi connectivity index (χ3v) is 4.24. The number of carbonyl (C=O) groups is 1. The molecule has 0 radical (unpaired) electrons. The van der Waals surface area contributed by atoms with Gasteiger partial charge in [0.25, 0.3) is 5.91 Å². The van der Waals surface area contributed by atoms with Gasteiger partial charge in [0, 0.05) is 18.2 Å². The fraction of sp³-hybridized carbons (Fsp3) is 0.250. The Morgan fingerprint density at radius 3 is 2.59 bits per heavy atom. The van der Waals surface area contributed by atoms with E-state index in [0.717, 1.165) is 0 Å². The monoisotopic (exact) mass is 368 g/mol. The molecule has 1 unspecified atom stereocenters. The lowest BCUT2D eigenvalue weighted by Gasteiger charge is -2.16. The van der Waals surface area contributed by atoms with Crippen molar-refractivity contribution in [3.05, 3.63) is 77.6 Å². The average molecular weight is 368 g/mol. The van der Waals surface area contributed by atoms with Crippen LogP contribution in [0.2, 0.25) is 0 Å². The maximum atomic E-state index is 13.6. The van der Waals surface area contributed by atoms with Gasteiger partial charge in [0.05, 0.1) is 6.04 Å². The van der Waals surface area contributed by atoms with Gasteiger partial charge in [-0.3, -0.25) is 9.48 Å². The molecule has 0 saturated carbocycles. The standard InChI is InChI=1S/C20H21FN4O2/c1-3-18(19-22-13-23-25(19)2)24-20(26)14-8-10-16(11-9-14)27-12-15-6-4-5-7-17(15)21/h4-11,13,18H,3,12H2,1-2H3,(H,24,26). The molecule has 7 heteroatoms. The minimum Gasteiger partial charge on any atom is -0.489 e. The highest BCUT2D eigenvalue weighted by atomic mass is 19.1. The van der Waals surface area contributed by atoms with Crippen LogP contribution in [-0.2, 0) is 13.7 Å². The summed E-state index contributed by atoms with van der Waals surface area (Å²) in [7, 11) is 1.79. The lowest BCUT2D eigenvalue weighted by Crippen LogP contribution is -2.30. The SMILES string of the molecule is CCC(NC(=O)c1ccc(OCc2ccccc2F)cc1)c1ncnn1C. The number of hydrogen-bond donors (Lipinski definition) is 1. The molecule has 27 heavy (non-hydrogen) atoms. The van der Waals surface area contributed by atoms with Gasteiger partial charge in [0.1, 0.15) is 30.3 Å². The second kappa shape index (κ2) is 8.44. The number of amides is 1. The van der Waals surface area contributed by atoms with Crippen LogP contribution in [-0.4, -0.2) is 20.7 Å². The van der Waals surface area contributed by atoms with Crippen LogP contribution >= 0.6 is 0 Å². The maximum absolute atomic E-state index is 13.6. The number of aromatic nitrogens is 3. The molecule has 0 bridgehead atoms. The van der Waals surface area contributed by atoms with Gasteiger partial charge in [-0.1, -0.05) is 25.1 Å². The predicted octanol–water partition coefficient (Wildman–Crippen LogP) is 3.41. The third-order valence-electron chi connectivity index (χ3n) is 4.24. The predicted molar refractivity (Wildman–Crippen MR) is 98.7 cm³/mol. The second-order valence-electron chi connectivity index (χ2n) is 6.08. The van der Waals surface area contributed by atoms with E-state index in [-0.39, 0.29) is 24.4 Å². The molecular weight excluding hydrogens is 347 g/mol. The summed E-state index contributed by atoms with van der Waals surface area (Å²) in [6.45, 7) is 2.10. The smallest absolute Gasteiger partial charge is 0.251 e. The molecule has 0 fully saturated rings. The van der Waals surface area contributed by atoms with E-state index in [0.29, 0.717) is 29.1 Å². The van der Waals surface area contributed by atoms with Crippen LogP contribution in [0, 0.1) is 5.82 Å². The molecule has 3 aromatic rings. The van der Waals surface area contributed by atoms with Crippen LogP contribution in [0.15, 0.2) is 54.9 Å². The summed E-state index contributed by atoms with van der Waals surface area (Å²) < 4.78 is 20.9. The van der Waals surface area contributed by atoms with Crippen LogP contribution in [0.5, 0.6) is 5.75 Å². The van der Waals surface area contributed by atoms with E-state index in [1.165, 1.54) is 12.4 Å². The number of rotatable bonds is 7. The number of aryl methyl sites for hydroxylation is 1. The Morgan fingerprint density at radius 1 is 1.22 bits per heavy atom. The van der Waals surface area contributed by atoms with Crippen molar-refractivity contribution in [3.63, 3.8) is 0 Å². The van der Waals surface area contributed by atoms with Crippen molar-refractivity contribution in [2.75, 3.05) is 0 Å². The minimum atomic E-state index is -0.303. The molecule has 0 saturated heterocycles. The van der Waals surface area contributed by atoms with E-state index in [4.69, 9.17) is 4.74 Å². The van der Waals surface area contributed by atoms with E-state index in [2.05, 4.69) is 15.4 Å². The fourth-order valence-corrected chi connectivity index (χ4v) is 2.69. The summed E-state index contributed by atoms with van der Waals surface area (Å²) in [4.78, 5) is 16.7. The van der Waals surface area contributed by atoms with E-state index in [1.807, 2.05) is 6.92 Å². The Kier molecular flexibility index (Phi) is 5.80. The van der Waals surface area contributed by atoms with Crippen molar-refractivity contribution in [3.8, 4) is 5.75 Å². The molecule has 1 heterocycles. The van der Waals surface area contributed by atoms with Crippen LogP contribution in [0.1, 0.15) is 41.1 Å². The summed E-state index contributed by atoms with van der Waals surface area (Å²) >= 11 is 0. The zero-order valence-corrected chi connectivity index (χ0v) is 15.2. The van der Waals surface area contributed by atoms with Gasteiger partial charge in [0.2, 0.25) is 0 Å². The molecular formula is C20H21FN4O2. The van der Waals surface area contributed by atoms with Crippen molar-refractivity contribution in [2.24, 2.45) is 7.05 Å². The molecule has 2 aromatic carbocycles. The van der Waals surface area contributed by atoms with Gasteiger partial charge in [-0.15, -0.1) is 0 Å². The first-order valence-electron chi connectivity index (χ1n) is 8.69. The number of halogens is 1. The van der Waals surface area contributed by atoms with Crippen LogP contribution < -0.4 is 10.1 Å². The van der Waals surface area contributed by atoms with Crippen molar-refractivity contribution in [2.45, 2.75) is 26.0 Å². The summed E-state index contributed by atoms with van der Waals surface area (Å²) in [5, 5.41) is 7.00. The number of nitrogens with zero attached hydrogens (tertiary/aromatic N) is 3. The number of hydrogen-bond acceptors (Lipinski definition) is 4. The molecule has 140 valence electrons. The number of ether oxygens (including phenoxy) is 1. The van der Waals surface area contributed by atoms with Crippen LogP contribution in [0.4, 0.5) is 4.39 Å². The molecule has 1 atom stereocenters. The molecule has 0 spiro atoms. The summed E-state index contributed by atoms with van der Waals surface area (Å²) in [5.41, 5.74) is 0.989. The molecule has 3 rings (SSSR count). The third kappa shape index (κ3) is 4.49. The van der Waals surface area contributed by atoms with Gasteiger partial charge in [-0.05, 0) is 36.8 Å². The minimum absolute atomic E-state index is 0.127. The quantitative estimate of drug-likeness (QED) is 0.694. The van der Waals surface area contributed by atoms with Gasteiger partial charge < -0.3 is 10.1 Å². The zero-order chi connectivity index (χ0) is 19.2. The summed E-state index contributed by atoms with van der Waals surface area (Å²) in [6, 6.07) is 13.0. The highest BCUT2D eigenvalue weighted by Crippen LogP contribution is 2.17. The molecule has 1 amide bonds. The number of nitrogens with one attached hydrogen (secondary N) is 1. The topological polar surface area (TPSA) is 69.0 Å². The van der Waals surface area contributed by atoms with Crippen molar-refractivity contribution < 1.29 is 13.9 Å². The Bertz CT molecular complexity index is 908. The van der Waals surface area contributed by atoms with Crippen LogP contribution in [0.3, 0.4) is 0 Å². The van der Waals surface area contributed by atoms with Crippen molar-refractivity contribution in [1.82, 2.24) is 20.1 Å². The van der Waals surface area contributed by atoms with E-state index in [1.54, 1.807) is 54.2 Å². The lowest BCUT2D eigenvalue weighted by molar-refractivity contribution is 0.0933. The van der Waals surface area contributed by atoms with Crippen molar-refractivity contribution in [1.29, 1.82) is 0 Å². The van der Waals surface area contributed by atoms with Gasteiger partial charge >= 0.3 is 0 Å². The van der Waals surface area contributed by atoms with Crippen LogP contribution in [0.25, 0.3) is 0 Å². The normalized spacial score (nSPS) is 11.8. The highest BCUT2D eigenvalue weighted by molar-refractivity contribution is 5.94. The largest absolute Gasteiger partial charge is 0.489 e. The Hall–Kier alpha value is -3.22. The molecule has 1 N–H and O–H groups in total. The van der Waals surface area contributed by atoms with Gasteiger partial charge in [-0.25, -0.2) is 9.37 Å². The summed E-state index contributed by atoms with van der Waals surface area (Å²) in [5.74, 6) is 0.763.